The minimum atomic E-state index is -0.664. The number of aliphatic hydroxyl groups is 2. The van der Waals surface area contributed by atoms with Crippen molar-refractivity contribution in [1.82, 2.24) is 5.32 Å². The van der Waals surface area contributed by atoms with Gasteiger partial charge in [-0.05, 0) is 83.5 Å². The largest absolute Gasteiger partial charge is 0.466 e. The van der Waals surface area contributed by atoms with Crippen LogP contribution in [-0.4, -0.2) is 47.4 Å². The summed E-state index contributed by atoms with van der Waals surface area (Å²) in [6.45, 7) is 4.94. The van der Waals surface area contributed by atoms with Gasteiger partial charge in [0.05, 0.1) is 25.4 Å². The molecule has 0 aliphatic carbocycles. The van der Waals surface area contributed by atoms with E-state index in [4.69, 9.17) is 4.74 Å². The minimum absolute atomic E-state index is 0.00746. The van der Waals surface area contributed by atoms with E-state index in [9.17, 15) is 19.8 Å². The Kier molecular flexibility index (Phi) is 61.0. The van der Waals surface area contributed by atoms with Crippen LogP contribution in [0.4, 0.5) is 0 Å². The number of esters is 1. The van der Waals surface area contributed by atoms with E-state index in [0.717, 1.165) is 51.4 Å². The van der Waals surface area contributed by atoms with Crippen molar-refractivity contribution >= 4 is 11.9 Å². The van der Waals surface area contributed by atoms with Gasteiger partial charge in [0, 0.05) is 12.8 Å². The van der Waals surface area contributed by atoms with Gasteiger partial charge in [0.1, 0.15) is 0 Å². The van der Waals surface area contributed by atoms with Gasteiger partial charge in [-0.15, -0.1) is 0 Å². The van der Waals surface area contributed by atoms with Gasteiger partial charge in [-0.3, -0.25) is 9.59 Å². The fourth-order valence-corrected chi connectivity index (χ4v) is 10.1. The maximum Gasteiger partial charge on any atom is 0.305 e. The van der Waals surface area contributed by atoms with E-state index < -0.39 is 12.1 Å². The number of unbranched alkanes of at least 4 members (excludes halogenated alkanes) is 44. The Bertz CT molecular complexity index is 1180. The van der Waals surface area contributed by atoms with Crippen molar-refractivity contribution in [3.8, 4) is 0 Å². The molecule has 0 rings (SSSR count). The summed E-state index contributed by atoms with van der Waals surface area (Å²) in [6.07, 6.45) is 78.9. The summed E-state index contributed by atoms with van der Waals surface area (Å²) in [5.74, 6) is -0.0279. The second kappa shape index (κ2) is 62.6. The van der Waals surface area contributed by atoms with Crippen molar-refractivity contribution in [2.45, 2.75) is 366 Å². The fraction of sp³-hybridized carbons (Fsp3) is 0.881. The summed E-state index contributed by atoms with van der Waals surface area (Å²) in [5, 5.41) is 23.2. The summed E-state index contributed by atoms with van der Waals surface area (Å²) in [6, 6.07) is -0.541. The molecule has 0 spiro atoms. The first-order valence-corrected chi connectivity index (χ1v) is 32.7. The lowest BCUT2D eigenvalue weighted by Gasteiger charge is -2.22. The summed E-state index contributed by atoms with van der Waals surface area (Å²) in [5.41, 5.74) is 0. The Labute approximate surface area is 455 Å². The Morgan fingerprint density at radius 3 is 1.08 bits per heavy atom. The Morgan fingerprint density at radius 2 is 0.685 bits per heavy atom. The molecule has 6 nitrogen and oxygen atoms in total. The molecule has 0 saturated carbocycles. The van der Waals surface area contributed by atoms with Gasteiger partial charge in [0.15, 0.2) is 0 Å². The van der Waals surface area contributed by atoms with Gasteiger partial charge in [0.25, 0.3) is 0 Å². The number of hydrogen-bond acceptors (Lipinski definition) is 5. The molecule has 0 fully saturated rings. The second-order valence-electron chi connectivity index (χ2n) is 22.4. The first kappa shape index (κ1) is 71.1. The van der Waals surface area contributed by atoms with Crippen molar-refractivity contribution < 1.29 is 24.5 Å². The molecule has 0 heterocycles. The molecule has 0 radical (unpaired) electrons. The number of ether oxygens (including phenoxy) is 1. The van der Waals surface area contributed by atoms with Crippen LogP contribution < -0.4 is 5.32 Å². The lowest BCUT2D eigenvalue weighted by molar-refractivity contribution is -0.143. The number of nitrogens with one attached hydrogen (secondary N) is 1. The van der Waals surface area contributed by atoms with Gasteiger partial charge < -0.3 is 20.3 Å². The molecule has 0 bridgehead atoms. The van der Waals surface area contributed by atoms with Crippen molar-refractivity contribution in [2.24, 2.45) is 0 Å². The SMILES string of the molecule is CCCCC/C=C\C/C=C\CCCCCCCCCC(=O)OCCCCCCCCCCCCCC/C=C\CCCCCCCCCCCCCC(=O)NC(CO)C(O)CCCCCCCCCCCCCC. The van der Waals surface area contributed by atoms with Gasteiger partial charge in [0.2, 0.25) is 5.91 Å². The standard InChI is InChI=1S/C67H127NO5/c1-3-5-7-9-11-13-15-17-18-30-34-37-41-45-49-53-57-61-67(72)73-62-58-54-50-46-42-38-35-32-29-27-25-23-21-19-20-22-24-26-28-31-33-36-40-44-48-52-56-60-66(71)68-64(63-69)65(70)59-55-51-47-43-39-16-14-12-10-8-6-4-2/h11,13,17-20,64-65,69-70H,3-10,12,14-16,21-63H2,1-2H3,(H,68,71)/b13-11-,18-17-,20-19-. The Balaban J connectivity index is 3.37. The Morgan fingerprint density at radius 1 is 0.384 bits per heavy atom. The molecular formula is C67H127NO5. The predicted molar refractivity (Wildman–Crippen MR) is 319 cm³/mol. The number of hydrogen-bond donors (Lipinski definition) is 3. The zero-order valence-corrected chi connectivity index (χ0v) is 49.1. The molecule has 0 aliphatic heterocycles. The van der Waals surface area contributed by atoms with Crippen molar-refractivity contribution in [3.63, 3.8) is 0 Å². The number of carbonyl (C=O) groups is 2. The zero-order chi connectivity index (χ0) is 52.9. The average Bonchev–Trinajstić information content (AvgIpc) is 3.39. The van der Waals surface area contributed by atoms with Crippen LogP contribution >= 0.6 is 0 Å². The molecule has 2 atom stereocenters. The monoisotopic (exact) mass is 1030 g/mol. The molecule has 73 heavy (non-hydrogen) atoms. The molecule has 2 unspecified atom stereocenters. The first-order valence-electron chi connectivity index (χ1n) is 32.7. The van der Waals surface area contributed by atoms with Crippen molar-refractivity contribution in [3.05, 3.63) is 36.5 Å². The first-order chi connectivity index (χ1) is 36.0. The summed E-state index contributed by atoms with van der Waals surface area (Å²) < 4.78 is 5.49. The molecule has 0 aromatic carbocycles. The lowest BCUT2D eigenvalue weighted by atomic mass is 10.0. The topological polar surface area (TPSA) is 95.9 Å². The highest BCUT2D eigenvalue weighted by molar-refractivity contribution is 5.76. The van der Waals surface area contributed by atoms with Crippen molar-refractivity contribution in [1.29, 1.82) is 0 Å². The van der Waals surface area contributed by atoms with Crippen LogP contribution in [0.1, 0.15) is 354 Å². The van der Waals surface area contributed by atoms with Gasteiger partial charge in [-0.25, -0.2) is 0 Å². The van der Waals surface area contributed by atoms with Crippen LogP contribution in [0.25, 0.3) is 0 Å². The van der Waals surface area contributed by atoms with E-state index in [1.165, 1.54) is 270 Å². The number of allylic oxidation sites excluding steroid dienone is 6. The van der Waals surface area contributed by atoms with Crippen molar-refractivity contribution in [2.75, 3.05) is 13.2 Å². The number of rotatable bonds is 61. The maximum atomic E-state index is 12.5. The second-order valence-corrected chi connectivity index (χ2v) is 22.4. The summed E-state index contributed by atoms with van der Waals surface area (Å²) >= 11 is 0. The molecule has 1 amide bonds. The summed E-state index contributed by atoms with van der Waals surface area (Å²) in [7, 11) is 0. The molecule has 0 aromatic heterocycles. The van der Waals surface area contributed by atoms with E-state index in [1.807, 2.05) is 0 Å². The van der Waals surface area contributed by atoms with E-state index >= 15 is 0 Å². The van der Waals surface area contributed by atoms with E-state index in [1.54, 1.807) is 0 Å². The third kappa shape index (κ3) is 59.2. The highest BCUT2D eigenvalue weighted by Gasteiger charge is 2.20. The molecule has 6 heteroatoms. The average molecular weight is 1030 g/mol. The summed E-state index contributed by atoms with van der Waals surface area (Å²) in [4.78, 5) is 24.5. The van der Waals surface area contributed by atoms with Crippen LogP contribution in [0.15, 0.2) is 36.5 Å². The Hall–Kier alpha value is -1.92. The molecular weight excluding hydrogens is 899 g/mol. The fourth-order valence-electron chi connectivity index (χ4n) is 10.1. The maximum absolute atomic E-state index is 12.5. The van der Waals surface area contributed by atoms with Crippen LogP contribution in [0.3, 0.4) is 0 Å². The van der Waals surface area contributed by atoms with Crippen LogP contribution in [0.2, 0.25) is 0 Å². The van der Waals surface area contributed by atoms with E-state index in [0.29, 0.717) is 25.9 Å². The highest BCUT2D eigenvalue weighted by Crippen LogP contribution is 2.18. The van der Waals surface area contributed by atoms with Gasteiger partial charge in [-0.2, -0.15) is 0 Å². The van der Waals surface area contributed by atoms with E-state index in [2.05, 4.69) is 55.6 Å². The van der Waals surface area contributed by atoms with Gasteiger partial charge >= 0.3 is 5.97 Å². The zero-order valence-electron chi connectivity index (χ0n) is 49.1. The lowest BCUT2D eigenvalue weighted by Crippen LogP contribution is -2.45. The minimum Gasteiger partial charge on any atom is -0.466 e. The third-order valence-electron chi connectivity index (χ3n) is 15.2. The number of amides is 1. The predicted octanol–water partition coefficient (Wildman–Crippen LogP) is 20.8. The van der Waals surface area contributed by atoms with E-state index in [-0.39, 0.29) is 18.5 Å². The molecule has 0 aliphatic rings. The smallest absolute Gasteiger partial charge is 0.305 e. The normalized spacial score (nSPS) is 12.8. The molecule has 3 N–H and O–H groups in total. The molecule has 430 valence electrons. The van der Waals surface area contributed by atoms with Gasteiger partial charge in [-0.1, -0.05) is 294 Å². The van der Waals surface area contributed by atoms with Crippen LogP contribution in [-0.2, 0) is 14.3 Å². The third-order valence-corrected chi connectivity index (χ3v) is 15.2. The quantitative estimate of drug-likeness (QED) is 0.0320. The van der Waals surface area contributed by atoms with Crippen LogP contribution in [0, 0.1) is 0 Å². The number of aliphatic hydroxyl groups excluding tert-OH is 2. The highest BCUT2D eigenvalue weighted by atomic mass is 16.5. The molecule has 0 saturated heterocycles. The van der Waals surface area contributed by atoms with Crippen LogP contribution in [0.5, 0.6) is 0 Å². The number of carbonyl (C=O) groups excluding carboxylic acids is 2. The molecule has 0 aromatic rings.